The van der Waals surface area contributed by atoms with Crippen LogP contribution in [0.25, 0.3) is 0 Å². The highest BCUT2D eigenvalue weighted by molar-refractivity contribution is 7.14. The molecule has 146 valence electrons. The van der Waals surface area contributed by atoms with Crippen molar-refractivity contribution in [2.75, 3.05) is 19.7 Å². The van der Waals surface area contributed by atoms with E-state index in [0.29, 0.717) is 43.8 Å². The lowest BCUT2D eigenvalue weighted by Crippen LogP contribution is -2.51. The van der Waals surface area contributed by atoms with E-state index in [-0.39, 0.29) is 5.91 Å². The molecule has 1 aromatic heterocycles. The number of amides is 1. The molecule has 0 bridgehead atoms. The number of para-hydroxylation sites is 1. The number of rotatable bonds is 2. The van der Waals surface area contributed by atoms with Crippen LogP contribution < -0.4 is 4.74 Å². The van der Waals surface area contributed by atoms with Crippen LogP contribution >= 0.6 is 11.3 Å². The van der Waals surface area contributed by atoms with Gasteiger partial charge >= 0.3 is 5.97 Å². The normalized spacial score (nSPS) is 22.4. The van der Waals surface area contributed by atoms with E-state index in [4.69, 9.17) is 9.47 Å². The highest BCUT2D eigenvalue weighted by atomic mass is 32.1. The van der Waals surface area contributed by atoms with E-state index < -0.39 is 17.7 Å². The Morgan fingerprint density at radius 1 is 1.21 bits per heavy atom. The summed E-state index contributed by atoms with van der Waals surface area (Å²) in [5.74, 6) is -0.0622. The number of carbonyl (C=O) groups excluding carboxylic acids is 1. The summed E-state index contributed by atoms with van der Waals surface area (Å²) < 4.78 is 12.0. The van der Waals surface area contributed by atoms with Crippen molar-refractivity contribution in [1.29, 1.82) is 0 Å². The molecule has 1 fully saturated rings. The highest BCUT2D eigenvalue weighted by Crippen LogP contribution is 2.45. The van der Waals surface area contributed by atoms with Crippen LogP contribution in [0.4, 0.5) is 0 Å². The van der Waals surface area contributed by atoms with Crippen LogP contribution in [0, 0.1) is 0 Å². The SMILES string of the molecule is O=C(O)c1cc2c(s1)CCOC21CCN(C(=O)C2Cc3ccccc3O2)CC1. The zero-order chi connectivity index (χ0) is 19.3. The predicted octanol–water partition coefficient (Wildman–Crippen LogP) is 2.84. The molecule has 3 aliphatic heterocycles. The average molecular weight is 399 g/mol. The molecule has 1 saturated heterocycles. The lowest BCUT2D eigenvalue weighted by atomic mass is 9.82. The maximum atomic E-state index is 13.0. The van der Waals surface area contributed by atoms with Gasteiger partial charge in [0.15, 0.2) is 6.10 Å². The molecule has 2 aromatic rings. The molecule has 3 aliphatic rings. The average Bonchev–Trinajstić information content (AvgIpc) is 3.33. The Balaban J connectivity index is 1.30. The molecule has 1 N–H and O–H groups in total. The summed E-state index contributed by atoms with van der Waals surface area (Å²) in [6.07, 6.45) is 2.28. The van der Waals surface area contributed by atoms with Crippen molar-refractivity contribution in [3.05, 3.63) is 51.2 Å². The van der Waals surface area contributed by atoms with Crippen molar-refractivity contribution >= 4 is 23.2 Å². The third-order valence-electron chi connectivity index (χ3n) is 6.02. The van der Waals surface area contributed by atoms with Gasteiger partial charge in [-0.15, -0.1) is 11.3 Å². The first-order valence-corrected chi connectivity index (χ1v) is 10.4. The van der Waals surface area contributed by atoms with E-state index in [1.54, 1.807) is 6.07 Å². The van der Waals surface area contributed by atoms with Gasteiger partial charge in [0.05, 0.1) is 12.2 Å². The van der Waals surface area contributed by atoms with Crippen molar-refractivity contribution in [2.24, 2.45) is 0 Å². The molecule has 0 radical (unpaired) electrons. The predicted molar refractivity (Wildman–Crippen MR) is 103 cm³/mol. The number of fused-ring (bicyclic) bond motifs is 3. The summed E-state index contributed by atoms with van der Waals surface area (Å²) in [7, 11) is 0. The first-order chi connectivity index (χ1) is 13.6. The van der Waals surface area contributed by atoms with Gasteiger partial charge in [0.2, 0.25) is 0 Å². The Morgan fingerprint density at radius 2 is 2.00 bits per heavy atom. The van der Waals surface area contributed by atoms with Crippen LogP contribution in [0.2, 0.25) is 0 Å². The monoisotopic (exact) mass is 399 g/mol. The minimum atomic E-state index is -0.889. The van der Waals surface area contributed by atoms with Crippen molar-refractivity contribution in [3.63, 3.8) is 0 Å². The summed E-state index contributed by atoms with van der Waals surface area (Å²) in [6, 6.07) is 9.56. The van der Waals surface area contributed by atoms with Gasteiger partial charge in [0.1, 0.15) is 10.6 Å². The standard InChI is InChI=1S/C21H21NO5S/c23-19(16-11-13-3-1-2-4-15(13)27-16)22-8-6-21(7-9-22)14-12-18(20(24)25)28-17(14)5-10-26-21/h1-4,12,16H,5-11H2,(H,24,25). The van der Waals surface area contributed by atoms with E-state index in [9.17, 15) is 14.7 Å². The maximum absolute atomic E-state index is 13.0. The summed E-state index contributed by atoms with van der Waals surface area (Å²) in [5.41, 5.74) is 1.63. The number of thiophene rings is 1. The van der Waals surface area contributed by atoms with Gasteiger partial charge in [0.25, 0.3) is 5.91 Å². The molecule has 1 amide bonds. The topological polar surface area (TPSA) is 76.1 Å². The van der Waals surface area contributed by atoms with Crippen molar-refractivity contribution in [2.45, 2.75) is 37.4 Å². The van der Waals surface area contributed by atoms with Gasteiger partial charge in [0, 0.05) is 30.8 Å². The first kappa shape index (κ1) is 17.7. The molecule has 1 unspecified atom stereocenters. The highest BCUT2D eigenvalue weighted by Gasteiger charge is 2.44. The molecule has 4 heterocycles. The van der Waals surface area contributed by atoms with E-state index in [2.05, 4.69) is 0 Å². The molecule has 1 aromatic carbocycles. The minimum absolute atomic E-state index is 0.0265. The Labute approximate surface area is 166 Å². The van der Waals surface area contributed by atoms with E-state index in [0.717, 1.165) is 28.2 Å². The number of aromatic carboxylic acids is 1. The molecule has 0 saturated carbocycles. The van der Waals surface area contributed by atoms with Crippen molar-refractivity contribution in [1.82, 2.24) is 4.90 Å². The molecule has 0 aliphatic carbocycles. The number of benzene rings is 1. The Morgan fingerprint density at radius 3 is 2.75 bits per heavy atom. The number of ether oxygens (including phenoxy) is 2. The van der Waals surface area contributed by atoms with Crippen LogP contribution in [-0.4, -0.2) is 47.7 Å². The lowest BCUT2D eigenvalue weighted by molar-refractivity contribution is -0.146. The third-order valence-corrected chi connectivity index (χ3v) is 7.21. The number of carbonyl (C=O) groups is 2. The van der Waals surface area contributed by atoms with Gasteiger partial charge in [-0.1, -0.05) is 18.2 Å². The third kappa shape index (κ3) is 2.81. The van der Waals surface area contributed by atoms with Crippen LogP contribution in [-0.2, 0) is 28.0 Å². The molecule has 1 atom stereocenters. The number of likely N-dealkylation sites (tertiary alicyclic amines) is 1. The Kier molecular flexibility index (Phi) is 4.17. The van der Waals surface area contributed by atoms with Crippen molar-refractivity contribution in [3.8, 4) is 5.75 Å². The summed E-state index contributed by atoms with van der Waals surface area (Å²) in [4.78, 5) is 27.7. The molecule has 6 nitrogen and oxygen atoms in total. The van der Waals surface area contributed by atoms with Crippen LogP contribution in [0.3, 0.4) is 0 Å². The molecule has 1 spiro atoms. The quantitative estimate of drug-likeness (QED) is 0.840. The van der Waals surface area contributed by atoms with Crippen molar-refractivity contribution < 1.29 is 24.2 Å². The van der Waals surface area contributed by atoms with Gasteiger partial charge in [-0.3, -0.25) is 4.79 Å². The minimum Gasteiger partial charge on any atom is -0.480 e. The second kappa shape index (κ2) is 6.60. The summed E-state index contributed by atoms with van der Waals surface area (Å²) in [6.45, 7) is 1.78. The second-order valence-corrected chi connectivity index (χ2v) is 8.73. The zero-order valence-corrected chi connectivity index (χ0v) is 16.2. The smallest absolute Gasteiger partial charge is 0.345 e. The maximum Gasteiger partial charge on any atom is 0.345 e. The largest absolute Gasteiger partial charge is 0.480 e. The number of carboxylic acids is 1. The molecule has 5 rings (SSSR count). The van der Waals surface area contributed by atoms with E-state index in [1.165, 1.54) is 11.3 Å². The molecule has 28 heavy (non-hydrogen) atoms. The number of piperidine rings is 1. The Hall–Kier alpha value is -2.38. The molecular weight excluding hydrogens is 378 g/mol. The van der Waals surface area contributed by atoms with Gasteiger partial charge in [-0.2, -0.15) is 0 Å². The summed E-state index contributed by atoms with van der Waals surface area (Å²) >= 11 is 1.35. The van der Waals surface area contributed by atoms with Crippen LogP contribution in [0.15, 0.2) is 30.3 Å². The Bertz CT molecular complexity index is 919. The van der Waals surface area contributed by atoms with Gasteiger partial charge < -0.3 is 19.5 Å². The zero-order valence-electron chi connectivity index (χ0n) is 15.3. The summed E-state index contributed by atoms with van der Waals surface area (Å²) in [5, 5.41) is 9.33. The number of hydrogen-bond acceptors (Lipinski definition) is 5. The fourth-order valence-corrected chi connectivity index (χ4v) is 5.62. The van der Waals surface area contributed by atoms with Gasteiger partial charge in [-0.25, -0.2) is 4.79 Å². The van der Waals surface area contributed by atoms with E-state index in [1.807, 2.05) is 29.2 Å². The lowest BCUT2D eigenvalue weighted by Gasteiger charge is -2.44. The van der Waals surface area contributed by atoms with Crippen LogP contribution in [0.5, 0.6) is 5.75 Å². The van der Waals surface area contributed by atoms with Crippen LogP contribution in [0.1, 0.15) is 38.5 Å². The fourth-order valence-electron chi connectivity index (χ4n) is 4.55. The molecule has 7 heteroatoms. The number of hydrogen-bond donors (Lipinski definition) is 1. The van der Waals surface area contributed by atoms with E-state index >= 15 is 0 Å². The number of carboxylic acid groups (broad SMARTS) is 1. The molecular formula is C21H21NO5S. The fraction of sp³-hybridized carbons (Fsp3) is 0.429. The number of nitrogens with zero attached hydrogens (tertiary/aromatic N) is 1. The first-order valence-electron chi connectivity index (χ1n) is 9.59. The second-order valence-electron chi connectivity index (χ2n) is 7.59. The van der Waals surface area contributed by atoms with Gasteiger partial charge in [-0.05, 0) is 36.1 Å².